The van der Waals surface area contributed by atoms with E-state index in [9.17, 15) is 8.42 Å². The van der Waals surface area contributed by atoms with Crippen molar-refractivity contribution >= 4 is 22.1 Å². The molecule has 0 amide bonds. The Bertz CT molecular complexity index is 903. The molecule has 2 heterocycles. The number of hydrogen-bond donors (Lipinski definition) is 0. The lowest BCUT2D eigenvalue weighted by atomic mass is 10.1. The molecule has 1 aromatic heterocycles. The van der Waals surface area contributed by atoms with Gasteiger partial charge in [-0.2, -0.15) is 0 Å². The van der Waals surface area contributed by atoms with Gasteiger partial charge in [0, 0.05) is 25.3 Å². The van der Waals surface area contributed by atoms with E-state index >= 15 is 0 Å². The van der Waals surface area contributed by atoms with Crippen LogP contribution in [0, 0.1) is 11.8 Å². The molecule has 7 nitrogen and oxygen atoms in total. The van der Waals surface area contributed by atoms with Gasteiger partial charge in [0.25, 0.3) is 4.84 Å². The van der Waals surface area contributed by atoms with Crippen LogP contribution in [0.5, 0.6) is 0 Å². The molecule has 0 unspecified atom stereocenters. The average Bonchev–Trinajstić information content (AvgIpc) is 3.14. The van der Waals surface area contributed by atoms with E-state index < -0.39 is 9.84 Å². The molecule has 0 radical (unpaired) electrons. The lowest BCUT2D eigenvalue weighted by Gasteiger charge is -2.27. The number of hydrogen-bond acceptors (Lipinski definition) is 7. The van der Waals surface area contributed by atoms with Crippen molar-refractivity contribution < 1.29 is 17.6 Å². The molecule has 3 rings (SSSR count). The molecule has 2 aromatic rings. The molecule has 0 saturated carbocycles. The van der Waals surface area contributed by atoms with Gasteiger partial charge < -0.3 is 9.15 Å². The minimum Gasteiger partial charge on any atom is -0.409 e. The molecular formula is C17H23N3O4S2. The Morgan fingerprint density at radius 1 is 1.38 bits per heavy atom. The number of sulfone groups is 1. The largest absolute Gasteiger partial charge is 0.409 e. The van der Waals surface area contributed by atoms with E-state index in [1.807, 2.05) is 36.1 Å². The molecule has 1 atom stereocenters. The van der Waals surface area contributed by atoms with E-state index in [1.165, 1.54) is 0 Å². The third-order valence-electron chi connectivity index (χ3n) is 4.53. The molecular weight excluding hydrogens is 374 g/mol. The zero-order valence-electron chi connectivity index (χ0n) is 14.9. The summed E-state index contributed by atoms with van der Waals surface area (Å²) in [7, 11) is -1.35. The van der Waals surface area contributed by atoms with Crippen LogP contribution in [0.4, 0.5) is 0 Å². The number of aryl methyl sites for hydroxylation is 1. The third kappa shape index (κ3) is 4.59. The second-order valence-corrected chi connectivity index (χ2v) is 9.12. The molecule has 1 aliphatic rings. The van der Waals surface area contributed by atoms with E-state index in [2.05, 4.69) is 5.10 Å². The summed E-state index contributed by atoms with van der Waals surface area (Å²) >= 11 is 5.31. The molecule has 1 aromatic carbocycles. The first-order valence-corrected chi connectivity index (χ1v) is 10.7. The van der Waals surface area contributed by atoms with E-state index in [1.54, 1.807) is 11.8 Å². The number of nitrogens with zero attached hydrogens (tertiary/aromatic N) is 3. The van der Waals surface area contributed by atoms with E-state index in [0.29, 0.717) is 32.1 Å². The minimum absolute atomic E-state index is 0.0587. The molecule has 9 heteroatoms. The zero-order valence-corrected chi connectivity index (χ0v) is 16.6. The van der Waals surface area contributed by atoms with Crippen LogP contribution in [0.3, 0.4) is 0 Å². The standard InChI is InChI=1S/C17H23N3O4S2/c1-13-3-5-14(6-4-13)16-18-20(17(25)24-16)12-19(8-9-23-2)15-7-10-26(21,22)11-15/h3-6,15H,7-12H2,1-2H3/t15-/m0/s1. The van der Waals surface area contributed by atoms with Gasteiger partial charge in [0.15, 0.2) is 9.84 Å². The minimum atomic E-state index is -2.97. The van der Waals surface area contributed by atoms with Gasteiger partial charge in [0.1, 0.15) is 0 Å². The first kappa shape index (κ1) is 19.2. The van der Waals surface area contributed by atoms with Crippen molar-refractivity contribution in [3.63, 3.8) is 0 Å². The van der Waals surface area contributed by atoms with Crippen molar-refractivity contribution in [2.75, 3.05) is 31.8 Å². The summed E-state index contributed by atoms with van der Waals surface area (Å²) < 4.78 is 36.1. The summed E-state index contributed by atoms with van der Waals surface area (Å²) in [4.78, 5) is 2.31. The zero-order chi connectivity index (χ0) is 18.7. The average molecular weight is 398 g/mol. The van der Waals surface area contributed by atoms with Crippen LogP contribution < -0.4 is 0 Å². The fourth-order valence-electron chi connectivity index (χ4n) is 3.02. The quantitative estimate of drug-likeness (QED) is 0.663. The highest BCUT2D eigenvalue weighted by Crippen LogP contribution is 2.21. The highest BCUT2D eigenvalue weighted by molar-refractivity contribution is 7.91. The normalized spacial score (nSPS) is 19.3. The van der Waals surface area contributed by atoms with Gasteiger partial charge in [-0.15, -0.1) is 5.10 Å². The fourth-order valence-corrected chi connectivity index (χ4v) is 4.96. The van der Waals surface area contributed by atoms with Gasteiger partial charge in [0.2, 0.25) is 5.89 Å². The molecule has 142 valence electrons. The maximum absolute atomic E-state index is 11.8. The van der Waals surface area contributed by atoms with Crippen LogP contribution in [0.25, 0.3) is 11.5 Å². The summed E-state index contributed by atoms with van der Waals surface area (Å²) in [5, 5.41) is 4.48. The Balaban J connectivity index is 1.80. The lowest BCUT2D eigenvalue weighted by Crippen LogP contribution is -2.40. The summed E-state index contributed by atoms with van der Waals surface area (Å²) in [6, 6.07) is 7.79. The first-order valence-electron chi connectivity index (χ1n) is 8.46. The van der Waals surface area contributed by atoms with Gasteiger partial charge in [-0.3, -0.25) is 4.90 Å². The van der Waals surface area contributed by atoms with Crippen LogP contribution in [-0.2, 0) is 21.2 Å². The number of rotatable bonds is 7. The maximum atomic E-state index is 11.8. The molecule has 1 saturated heterocycles. The van der Waals surface area contributed by atoms with Crippen molar-refractivity contribution in [2.24, 2.45) is 0 Å². The van der Waals surface area contributed by atoms with Gasteiger partial charge in [-0.25, -0.2) is 13.1 Å². The fraction of sp³-hybridized carbons (Fsp3) is 0.529. The smallest absolute Gasteiger partial charge is 0.288 e. The van der Waals surface area contributed by atoms with Crippen LogP contribution in [0.15, 0.2) is 28.7 Å². The molecule has 1 aliphatic heterocycles. The van der Waals surface area contributed by atoms with Crippen molar-refractivity contribution in [3.05, 3.63) is 34.7 Å². The Labute approximate surface area is 158 Å². The second kappa shape index (κ2) is 7.99. The van der Waals surface area contributed by atoms with Gasteiger partial charge >= 0.3 is 0 Å². The van der Waals surface area contributed by atoms with E-state index in [4.69, 9.17) is 21.4 Å². The van der Waals surface area contributed by atoms with Crippen LogP contribution in [0.2, 0.25) is 0 Å². The number of ether oxygens (including phenoxy) is 1. The predicted octanol–water partition coefficient (Wildman–Crippen LogP) is 2.27. The molecule has 0 bridgehead atoms. The number of benzene rings is 1. The Morgan fingerprint density at radius 2 is 2.12 bits per heavy atom. The Morgan fingerprint density at radius 3 is 2.73 bits per heavy atom. The monoisotopic (exact) mass is 397 g/mol. The van der Waals surface area contributed by atoms with Gasteiger partial charge in [-0.05, 0) is 37.7 Å². The molecule has 0 spiro atoms. The Hall–Kier alpha value is -1.55. The Kier molecular flexibility index (Phi) is 5.91. The van der Waals surface area contributed by atoms with Crippen LogP contribution in [0.1, 0.15) is 12.0 Å². The van der Waals surface area contributed by atoms with Crippen molar-refractivity contribution in [3.8, 4) is 11.5 Å². The molecule has 0 aliphatic carbocycles. The summed E-state index contributed by atoms with van der Waals surface area (Å²) in [5.41, 5.74) is 2.01. The second-order valence-electron chi connectivity index (χ2n) is 6.54. The summed E-state index contributed by atoms with van der Waals surface area (Å²) in [5.74, 6) is 0.841. The maximum Gasteiger partial charge on any atom is 0.288 e. The van der Waals surface area contributed by atoms with Gasteiger partial charge in [-0.1, -0.05) is 17.7 Å². The topological polar surface area (TPSA) is 77.6 Å². The molecule has 1 fully saturated rings. The molecule has 0 N–H and O–H groups in total. The predicted molar refractivity (Wildman–Crippen MR) is 101 cm³/mol. The highest BCUT2D eigenvalue weighted by Gasteiger charge is 2.32. The lowest BCUT2D eigenvalue weighted by molar-refractivity contribution is 0.0973. The van der Waals surface area contributed by atoms with Crippen molar-refractivity contribution in [2.45, 2.75) is 26.1 Å². The van der Waals surface area contributed by atoms with Crippen LogP contribution >= 0.6 is 12.2 Å². The van der Waals surface area contributed by atoms with E-state index in [-0.39, 0.29) is 22.4 Å². The number of methoxy groups -OCH3 is 1. The molecule has 26 heavy (non-hydrogen) atoms. The van der Waals surface area contributed by atoms with Crippen LogP contribution in [-0.4, -0.2) is 60.9 Å². The van der Waals surface area contributed by atoms with Gasteiger partial charge in [0.05, 0.1) is 24.8 Å². The van der Waals surface area contributed by atoms with Crippen molar-refractivity contribution in [1.82, 2.24) is 14.7 Å². The third-order valence-corrected chi connectivity index (χ3v) is 6.57. The number of aromatic nitrogens is 2. The summed E-state index contributed by atoms with van der Waals surface area (Å²) in [6.07, 6.45) is 0.613. The highest BCUT2D eigenvalue weighted by atomic mass is 32.2. The SMILES string of the molecule is COCCN(Cn1nc(-c2ccc(C)cc2)oc1=S)[C@H]1CCS(=O)(=O)C1. The summed E-state index contributed by atoms with van der Waals surface area (Å²) in [6.45, 7) is 3.50. The van der Waals surface area contributed by atoms with Crippen molar-refractivity contribution in [1.29, 1.82) is 0 Å². The van der Waals surface area contributed by atoms with E-state index in [0.717, 1.165) is 11.1 Å². The first-order chi connectivity index (χ1) is 12.4.